The lowest BCUT2D eigenvalue weighted by Crippen LogP contribution is -2.23. The summed E-state index contributed by atoms with van der Waals surface area (Å²) in [4.78, 5) is 19.5. The van der Waals surface area contributed by atoms with Gasteiger partial charge in [-0.25, -0.2) is 9.37 Å². The first-order valence-corrected chi connectivity index (χ1v) is 6.49. The highest BCUT2D eigenvalue weighted by Crippen LogP contribution is 2.23. The number of nitrogens with zero attached hydrogens (tertiary/aromatic N) is 3. The number of hydrogen-bond donors (Lipinski definition) is 1. The Bertz CT molecular complexity index is 789. The number of rotatable bonds is 4. The summed E-state index contributed by atoms with van der Waals surface area (Å²) in [6.45, 7) is 0.146. The predicted molar refractivity (Wildman–Crippen MR) is 75.1 cm³/mol. The highest BCUT2D eigenvalue weighted by molar-refractivity contribution is 5.91. The molecular weight excluding hydrogens is 287 g/mol. The van der Waals surface area contributed by atoms with Crippen molar-refractivity contribution in [2.45, 2.75) is 6.54 Å². The van der Waals surface area contributed by atoms with Gasteiger partial charge in [0.05, 0.1) is 18.3 Å². The number of benzene rings is 1. The second-order valence-electron chi connectivity index (χ2n) is 4.44. The quantitative estimate of drug-likeness (QED) is 0.798. The third-order valence-corrected chi connectivity index (χ3v) is 2.92. The van der Waals surface area contributed by atoms with Gasteiger partial charge in [-0.1, -0.05) is 17.3 Å². The number of carbonyl (C=O) groups is 1. The molecule has 0 aliphatic rings. The van der Waals surface area contributed by atoms with Gasteiger partial charge in [-0.2, -0.15) is 0 Å². The molecule has 1 N–H and O–H groups in total. The second kappa shape index (κ2) is 6.13. The van der Waals surface area contributed by atoms with Crippen molar-refractivity contribution < 1.29 is 13.7 Å². The summed E-state index contributed by atoms with van der Waals surface area (Å²) in [6, 6.07) is 7.81. The molecule has 0 saturated carbocycles. The summed E-state index contributed by atoms with van der Waals surface area (Å²) in [5, 5.41) is 6.44. The molecule has 0 radical (unpaired) electrons. The third kappa shape index (κ3) is 2.98. The topological polar surface area (TPSA) is 80.9 Å². The van der Waals surface area contributed by atoms with Crippen molar-refractivity contribution in [2.75, 3.05) is 0 Å². The third-order valence-electron chi connectivity index (χ3n) is 2.92. The van der Waals surface area contributed by atoms with Gasteiger partial charge in [0, 0.05) is 18.5 Å². The molecule has 0 bridgehead atoms. The highest BCUT2D eigenvalue weighted by atomic mass is 19.1. The molecule has 2 heterocycles. The van der Waals surface area contributed by atoms with E-state index in [1.165, 1.54) is 24.7 Å². The van der Waals surface area contributed by atoms with E-state index in [0.717, 1.165) is 0 Å². The van der Waals surface area contributed by atoms with Gasteiger partial charge >= 0.3 is 0 Å². The first kappa shape index (κ1) is 13.9. The number of amides is 1. The minimum atomic E-state index is -0.395. The van der Waals surface area contributed by atoms with E-state index in [1.807, 2.05) is 0 Å². The zero-order chi connectivity index (χ0) is 15.4. The zero-order valence-electron chi connectivity index (χ0n) is 11.4. The molecule has 0 unspecified atom stereocenters. The van der Waals surface area contributed by atoms with Crippen molar-refractivity contribution in [1.29, 1.82) is 0 Å². The molecule has 110 valence electrons. The summed E-state index contributed by atoms with van der Waals surface area (Å²) in [5.41, 5.74) is 1.01. The van der Waals surface area contributed by atoms with E-state index in [2.05, 4.69) is 20.4 Å². The highest BCUT2D eigenvalue weighted by Gasteiger charge is 2.12. The van der Waals surface area contributed by atoms with Crippen molar-refractivity contribution in [1.82, 2.24) is 20.4 Å². The number of carbonyl (C=O) groups excluding carboxylic acids is 1. The normalized spacial score (nSPS) is 10.4. The maximum Gasteiger partial charge on any atom is 0.271 e. The Labute approximate surface area is 125 Å². The lowest BCUT2D eigenvalue weighted by atomic mass is 10.1. The van der Waals surface area contributed by atoms with Crippen LogP contribution in [0.5, 0.6) is 0 Å². The molecule has 0 aliphatic heterocycles. The first-order chi connectivity index (χ1) is 10.7. The summed E-state index contributed by atoms with van der Waals surface area (Å²) in [6.07, 6.45) is 4.28. The number of hydrogen-bond acceptors (Lipinski definition) is 5. The largest absolute Gasteiger partial charge is 0.356 e. The molecule has 0 spiro atoms. The number of aromatic nitrogens is 3. The number of halogens is 1. The van der Waals surface area contributed by atoms with E-state index in [-0.39, 0.29) is 18.1 Å². The van der Waals surface area contributed by atoms with Crippen LogP contribution in [0.1, 0.15) is 16.2 Å². The zero-order valence-corrected chi connectivity index (χ0v) is 11.4. The summed E-state index contributed by atoms with van der Waals surface area (Å²) in [7, 11) is 0. The van der Waals surface area contributed by atoms with Crippen LogP contribution in [-0.2, 0) is 6.54 Å². The summed E-state index contributed by atoms with van der Waals surface area (Å²) < 4.78 is 18.7. The Kier molecular flexibility index (Phi) is 3.86. The van der Waals surface area contributed by atoms with Gasteiger partial charge < -0.3 is 9.84 Å². The van der Waals surface area contributed by atoms with Crippen molar-refractivity contribution >= 4 is 5.91 Å². The Morgan fingerprint density at radius 1 is 1.27 bits per heavy atom. The lowest BCUT2D eigenvalue weighted by molar-refractivity contribution is 0.0944. The van der Waals surface area contributed by atoms with Crippen molar-refractivity contribution in [3.05, 3.63) is 66.1 Å². The molecule has 0 saturated heterocycles. The van der Waals surface area contributed by atoms with Gasteiger partial charge in [-0.3, -0.25) is 9.78 Å². The van der Waals surface area contributed by atoms with Crippen molar-refractivity contribution in [3.63, 3.8) is 0 Å². The minimum absolute atomic E-state index is 0.146. The van der Waals surface area contributed by atoms with Crippen LogP contribution in [0.4, 0.5) is 4.39 Å². The molecule has 3 aromatic rings. The summed E-state index contributed by atoms with van der Waals surface area (Å²) in [5.74, 6) is -0.459. The van der Waals surface area contributed by atoms with E-state index in [1.54, 1.807) is 24.3 Å². The molecule has 7 heteroatoms. The van der Waals surface area contributed by atoms with E-state index < -0.39 is 5.82 Å². The fraction of sp³-hybridized carbons (Fsp3) is 0.0667. The average molecular weight is 298 g/mol. The molecule has 0 aliphatic carbocycles. The van der Waals surface area contributed by atoms with Gasteiger partial charge in [0.15, 0.2) is 5.76 Å². The minimum Gasteiger partial charge on any atom is -0.356 e. The van der Waals surface area contributed by atoms with Gasteiger partial charge in [0.1, 0.15) is 17.2 Å². The summed E-state index contributed by atoms with van der Waals surface area (Å²) >= 11 is 0. The molecule has 1 aromatic carbocycles. The van der Waals surface area contributed by atoms with Crippen LogP contribution in [0.3, 0.4) is 0 Å². The van der Waals surface area contributed by atoms with Gasteiger partial charge in [0.25, 0.3) is 5.91 Å². The van der Waals surface area contributed by atoms with E-state index in [4.69, 9.17) is 4.52 Å². The van der Waals surface area contributed by atoms with E-state index in [0.29, 0.717) is 17.0 Å². The Morgan fingerprint density at radius 2 is 2.14 bits per heavy atom. The maximum atomic E-state index is 13.6. The fourth-order valence-electron chi connectivity index (χ4n) is 1.86. The Hall–Kier alpha value is -3.09. The van der Waals surface area contributed by atoms with E-state index in [9.17, 15) is 9.18 Å². The van der Waals surface area contributed by atoms with E-state index >= 15 is 0 Å². The molecule has 6 nitrogen and oxygen atoms in total. The van der Waals surface area contributed by atoms with Crippen LogP contribution in [0.15, 0.2) is 53.4 Å². The fourth-order valence-corrected chi connectivity index (χ4v) is 1.86. The van der Waals surface area contributed by atoms with Gasteiger partial charge in [-0.05, 0) is 12.1 Å². The smallest absolute Gasteiger partial charge is 0.271 e. The average Bonchev–Trinajstić information content (AvgIpc) is 3.02. The molecule has 22 heavy (non-hydrogen) atoms. The van der Waals surface area contributed by atoms with Crippen molar-refractivity contribution in [2.24, 2.45) is 0 Å². The van der Waals surface area contributed by atoms with Crippen LogP contribution < -0.4 is 5.32 Å². The standard InChI is InChI=1S/C15H11FN4O2/c16-12-4-2-1-3-11(12)14-7-10(20-22-14)8-19-15(21)13-9-17-5-6-18-13/h1-7,9H,8H2,(H,19,21). The van der Waals surface area contributed by atoms with Crippen LogP contribution in [-0.4, -0.2) is 21.0 Å². The number of nitrogens with one attached hydrogen (secondary N) is 1. The molecule has 3 rings (SSSR count). The Morgan fingerprint density at radius 3 is 2.91 bits per heavy atom. The predicted octanol–water partition coefficient (Wildman–Crippen LogP) is 2.20. The van der Waals surface area contributed by atoms with Crippen LogP contribution >= 0.6 is 0 Å². The first-order valence-electron chi connectivity index (χ1n) is 6.49. The van der Waals surface area contributed by atoms with Gasteiger partial charge in [-0.15, -0.1) is 0 Å². The van der Waals surface area contributed by atoms with Crippen LogP contribution in [0.2, 0.25) is 0 Å². The molecular formula is C15H11FN4O2. The molecule has 2 aromatic heterocycles. The second-order valence-corrected chi connectivity index (χ2v) is 4.44. The van der Waals surface area contributed by atoms with Gasteiger partial charge in [0.2, 0.25) is 0 Å². The maximum absolute atomic E-state index is 13.6. The molecule has 0 atom stereocenters. The lowest BCUT2D eigenvalue weighted by Gasteiger charge is -2.00. The molecule has 0 fully saturated rings. The van der Waals surface area contributed by atoms with Crippen molar-refractivity contribution in [3.8, 4) is 11.3 Å². The monoisotopic (exact) mass is 298 g/mol. The van der Waals surface area contributed by atoms with Crippen LogP contribution in [0, 0.1) is 5.82 Å². The van der Waals surface area contributed by atoms with Crippen LogP contribution in [0.25, 0.3) is 11.3 Å². The SMILES string of the molecule is O=C(NCc1cc(-c2ccccc2F)on1)c1cnccn1. The Balaban J connectivity index is 1.68. The molecule has 1 amide bonds.